The van der Waals surface area contributed by atoms with Crippen molar-refractivity contribution in [3.05, 3.63) is 12.2 Å². The summed E-state index contributed by atoms with van der Waals surface area (Å²) in [6.45, 7) is 9.61. The predicted molar refractivity (Wildman–Crippen MR) is 123 cm³/mol. The van der Waals surface area contributed by atoms with E-state index in [0.29, 0.717) is 17.4 Å². The quantitative estimate of drug-likeness (QED) is 0.189. The second kappa shape index (κ2) is 9.55. The van der Waals surface area contributed by atoms with Crippen molar-refractivity contribution in [2.75, 3.05) is 13.2 Å². The molecule has 5 rings (SSSR count). The molecule has 0 aromatic rings. The number of esters is 1. The molecule has 0 N–H and O–H groups in total. The van der Waals surface area contributed by atoms with E-state index in [-0.39, 0.29) is 22.8 Å². The van der Waals surface area contributed by atoms with Crippen LogP contribution in [0.25, 0.3) is 0 Å². The van der Waals surface area contributed by atoms with E-state index in [1.54, 1.807) is 6.92 Å². The van der Waals surface area contributed by atoms with Gasteiger partial charge in [-0.2, -0.15) is 0 Å². The number of carbonyl (C=O) groups is 1. The average molecular weight is 433 g/mol. The van der Waals surface area contributed by atoms with Gasteiger partial charge in [-0.15, -0.1) is 0 Å². The van der Waals surface area contributed by atoms with Gasteiger partial charge in [0.15, 0.2) is 0 Å². The Bertz CT molecular complexity index is 636. The fraction of sp³-hybridized carbons (Fsp3) is 0.889. The van der Waals surface area contributed by atoms with Gasteiger partial charge in [-0.1, -0.05) is 45.6 Å². The third-order valence-electron chi connectivity index (χ3n) is 8.50. The standard InChI is InChI=1S/C27H44O4/c1-4-5-10-25(12-14-30-25)11-8-6-7-9-13-29-26-16-22-15-23(17-26)19-27(18-22,20-26)31-24(28)21(2)3/h22-23H,2,4-20H2,1,3H3. The van der Waals surface area contributed by atoms with Gasteiger partial charge in [0.2, 0.25) is 0 Å². The lowest BCUT2D eigenvalue weighted by Gasteiger charge is -2.60. The number of hydrogen-bond donors (Lipinski definition) is 0. The molecule has 31 heavy (non-hydrogen) atoms. The smallest absolute Gasteiger partial charge is 0.333 e. The van der Waals surface area contributed by atoms with E-state index < -0.39 is 0 Å². The van der Waals surface area contributed by atoms with E-state index in [9.17, 15) is 4.79 Å². The van der Waals surface area contributed by atoms with Crippen LogP contribution in [0.5, 0.6) is 0 Å². The summed E-state index contributed by atoms with van der Waals surface area (Å²) in [5.74, 6) is 1.09. The number of carbonyl (C=O) groups excluding carboxylic acids is 1. The SMILES string of the molecule is C=C(C)C(=O)OC12CC3CC(CC(OCCCCCCC4(CCCC)CCO4)(C3)C1)C2. The summed E-state index contributed by atoms with van der Waals surface area (Å²) in [7, 11) is 0. The summed E-state index contributed by atoms with van der Waals surface area (Å²) in [5.41, 5.74) is 0.384. The van der Waals surface area contributed by atoms with Crippen molar-refractivity contribution in [2.24, 2.45) is 11.8 Å². The molecule has 0 radical (unpaired) electrons. The van der Waals surface area contributed by atoms with E-state index in [2.05, 4.69) is 13.5 Å². The second-order valence-corrected chi connectivity index (χ2v) is 11.4. The molecule has 4 aliphatic carbocycles. The van der Waals surface area contributed by atoms with Crippen LogP contribution in [0.1, 0.15) is 110 Å². The van der Waals surface area contributed by atoms with Crippen LogP contribution in [0.3, 0.4) is 0 Å². The summed E-state index contributed by atoms with van der Waals surface area (Å²) < 4.78 is 18.6. The van der Waals surface area contributed by atoms with E-state index in [0.717, 1.165) is 51.7 Å². The monoisotopic (exact) mass is 432 g/mol. The lowest BCUT2D eigenvalue weighted by atomic mass is 9.52. The van der Waals surface area contributed by atoms with Crippen LogP contribution < -0.4 is 0 Å². The Balaban J connectivity index is 1.18. The third-order valence-corrected chi connectivity index (χ3v) is 8.50. The highest BCUT2D eigenvalue weighted by Crippen LogP contribution is 2.60. The first kappa shape index (κ1) is 23.3. The summed E-state index contributed by atoms with van der Waals surface area (Å²) >= 11 is 0. The molecule has 4 nitrogen and oxygen atoms in total. The first-order valence-electron chi connectivity index (χ1n) is 13.0. The fourth-order valence-electron chi connectivity index (χ4n) is 7.27. The lowest BCUT2D eigenvalue weighted by molar-refractivity contribution is -0.232. The molecule has 5 aliphatic rings. The number of rotatable bonds is 13. The van der Waals surface area contributed by atoms with Gasteiger partial charge in [0, 0.05) is 18.6 Å². The van der Waals surface area contributed by atoms with Crippen molar-refractivity contribution in [3.63, 3.8) is 0 Å². The molecular weight excluding hydrogens is 388 g/mol. The fourth-order valence-corrected chi connectivity index (χ4v) is 7.27. The van der Waals surface area contributed by atoms with Gasteiger partial charge in [-0.05, 0) is 76.5 Å². The Morgan fingerprint density at radius 2 is 1.65 bits per heavy atom. The zero-order valence-corrected chi connectivity index (χ0v) is 20.0. The molecule has 1 saturated heterocycles. The molecule has 0 spiro atoms. The normalized spacial score (nSPS) is 38.1. The largest absolute Gasteiger partial charge is 0.456 e. The molecule has 0 amide bonds. The molecule has 4 saturated carbocycles. The van der Waals surface area contributed by atoms with Crippen molar-refractivity contribution in [2.45, 2.75) is 127 Å². The van der Waals surface area contributed by atoms with Crippen LogP contribution in [0, 0.1) is 11.8 Å². The Morgan fingerprint density at radius 3 is 2.26 bits per heavy atom. The zero-order valence-electron chi connectivity index (χ0n) is 20.0. The predicted octanol–water partition coefficient (Wildman–Crippen LogP) is 6.51. The Morgan fingerprint density at radius 1 is 1.00 bits per heavy atom. The molecule has 3 atom stereocenters. The maximum Gasteiger partial charge on any atom is 0.333 e. The Kier molecular flexibility index (Phi) is 7.18. The molecule has 4 bridgehead atoms. The van der Waals surface area contributed by atoms with Gasteiger partial charge in [0.05, 0.1) is 17.8 Å². The Labute approximate surface area is 189 Å². The van der Waals surface area contributed by atoms with Crippen LogP contribution in [-0.2, 0) is 19.0 Å². The third kappa shape index (κ3) is 5.38. The maximum atomic E-state index is 12.3. The number of hydrogen-bond acceptors (Lipinski definition) is 4. The van der Waals surface area contributed by atoms with Crippen molar-refractivity contribution >= 4 is 5.97 Å². The van der Waals surface area contributed by atoms with Crippen molar-refractivity contribution in [1.82, 2.24) is 0 Å². The average Bonchev–Trinajstić information content (AvgIpc) is 2.66. The van der Waals surface area contributed by atoms with Crippen LogP contribution in [0.2, 0.25) is 0 Å². The summed E-state index contributed by atoms with van der Waals surface area (Å²) in [6, 6.07) is 0. The van der Waals surface area contributed by atoms with Gasteiger partial charge < -0.3 is 14.2 Å². The zero-order chi connectivity index (χ0) is 22.0. The molecule has 1 heterocycles. The van der Waals surface area contributed by atoms with Gasteiger partial charge in [0.25, 0.3) is 0 Å². The van der Waals surface area contributed by atoms with Gasteiger partial charge in [-0.25, -0.2) is 4.79 Å². The Hall–Kier alpha value is -0.870. The van der Waals surface area contributed by atoms with E-state index in [1.807, 2.05) is 0 Å². The molecule has 176 valence electrons. The minimum Gasteiger partial charge on any atom is -0.456 e. The molecule has 0 aromatic heterocycles. The van der Waals surface area contributed by atoms with E-state index in [1.165, 1.54) is 57.8 Å². The van der Waals surface area contributed by atoms with E-state index in [4.69, 9.17) is 14.2 Å². The highest BCUT2D eigenvalue weighted by Gasteiger charge is 2.60. The van der Waals surface area contributed by atoms with Gasteiger partial charge in [0.1, 0.15) is 5.60 Å². The molecule has 3 unspecified atom stereocenters. The van der Waals surface area contributed by atoms with Crippen LogP contribution in [-0.4, -0.2) is 36.0 Å². The van der Waals surface area contributed by atoms with Crippen LogP contribution in [0.4, 0.5) is 0 Å². The van der Waals surface area contributed by atoms with E-state index >= 15 is 0 Å². The van der Waals surface area contributed by atoms with Crippen molar-refractivity contribution in [3.8, 4) is 0 Å². The number of ether oxygens (including phenoxy) is 3. The molecule has 0 aromatic carbocycles. The maximum absolute atomic E-state index is 12.3. The molecule has 1 aliphatic heterocycles. The summed E-state index contributed by atoms with van der Waals surface area (Å²) in [6.07, 6.45) is 17.8. The van der Waals surface area contributed by atoms with Crippen LogP contribution >= 0.6 is 0 Å². The highest BCUT2D eigenvalue weighted by molar-refractivity contribution is 5.87. The lowest BCUT2D eigenvalue weighted by Crippen LogP contribution is -2.61. The minimum atomic E-state index is -0.296. The topological polar surface area (TPSA) is 44.8 Å². The van der Waals surface area contributed by atoms with Gasteiger partial charge in [-0.3, -0.25) is 0 Å². The van der Waals surface area contributed by atoms with Crippen molar-refractivity contribution < 1.29 is 19.0 Å². The molecule has 5 fully saturated rings. The first-order valence-corrected chi connectivity index (χ1v) is 13.0. The summed E-state index contributed by atoms with van der Waals surface area (Å²) in [4.78, 5) is 12.3. The second-order valence-electron chi connectivity index (χ2n) is 11.4. The van der Waals surface area contributed by atoms with Crippen molar-refractivity contribution in [1.29, 1.82) is 0 Å². The van der Waals surface area contributed by atoms with Crippen LogP contribution in [0.15, 0.2) is 12.2 Å². The first-order chi connectivity index (χ1) is 14.9. The minimum absolute atomic E-state index is 0.0522. The molecule has 4 heteroatoms. The number of unbranched alkanes of at least 4 members (excludes halogenated alkanes) is 4. The summed E-state index contributed by atoms with van der Waals surface area (Å²) in [5, 5.41) is 0. The van der Waals surface area contributed by atoms with Gasteiger partial charge >= 0.3 is 5.97 Å². The highest BCUT2D eigenvalue weighted by atomic mass is 16.6. The molecular formula is C27H44O4.